The molecule has 6 heteroatoms. The Morgan fingerprint density at radius 2 is 2.29 bits per heavy atom. The number of carbonyl (C=O) groups is 2. The minimum absolute atomic E-state index is 0.231. The zero-order valence-electron chi connectivity index (χ0n) is 9.20. The Labute approximate surface area is 107 Å². The summed E-state index contributed by atoms with van der Waals surface area (Å²) in [6, 6.07) is 1.77. The van der Waals surface area contributed by atoms with Crippen LogP contribution in [0.15, 0.2) is 6.07 Å². The Morgan fingerprint density at radius 1 is 1.59 bits per heavy atom. The molecule has 0 amide bonds. The highest BCUT2D eigenvalue weighted by molar-refractivity contribution is 7.19. The zero-order chi connectivity index (χ0) is 12.6. The van der Waals surface area contributed by atoms with E-state index in [-0.39, 0.29) is 16.9 Å². The fourth-order valence-corrected chi connectivity index (χ4v) is 2.96. The molecule has 2 aromatic rings. The second kappa shape index (κ2) is 4.43. The number of ketones is 1. The minimum atomic E-state index is -0.624. The van der Waals surface area contributed by atoms with Gasteiger partial charge < -0.3 is 5.32 Å². The monoisotopic (exact) mass is 268 g/mol. The number of Topliss-reactive ketones (excluding diaryl/α,β-unsaturated/α-hetero) is 1. The number of nitrogens with one attached hydrogen (secondary N) is 1. The van der Waals surface area contributed by atoms with Gasteiger partial charge in [0.1, 0.15) is 0 Å². The summed E-state index contributed by atoms with van der Waals surface area (Å²) < 4.78 is 0.656. The third-order valence-corrected chi connectivity index (χ3v) is 3.74. The number of hydrogen-bond donors (Lipinski definition) is 1. The fourth-order valence-electron chi connectivity index (χ4n) is 1.62. The summed E-state index contributed by atoms with van der Waals surface area (Å²) in [6.07, 6.45) is 0.273. The average Bonchev–Trinajstić information content (AvgIpc) is 2.67. The molecule has 0 atom stereocenters. The van der Waals surface area contributed by atoms with Gasteiger partial charge in [-0.2, -0.15) is 0 Å². The topological polar surface area (TPSA) is 59.1 Å². The molecule has 1 aromatic heterocycles. The number of aldehydes is 1. The van der Waals surface area contributed by atoms with Crippen molar-refractivity contribution in [1.29, 1.82) is 0 Å². The van der Waals surface area contributed by atoms with Crippen LogP contribution in [0.4, 0.5) is 5.69 Å². The Morgan fingerprint density at radius 3 is 2.88 bits per heavy atom. The van der Waals surface area contributed by atoms with Crippen LogP contribution in [0.2, 0.25) is 5.02 Å². The first kappa shape index (κ1) is 12.0. The lowest BCUT2D eigenvalue weighted by molar-refractivity contribution is -0.104. The smallest absolute Gasteiger partial charge is 0.228 e. The van der Waals surface area contributed by atoms with Crippen LogP contribution in [0.25, 0.3) is 10.2 Å². The molecule has 1 aromatic carbocycles. The number of rotatable bonds is 3. The average molecular weight is 269 g/mol. The van der Waals surface area contributed by atoms with E-state index in [0.29, 0.717) is 15.9 Å². The number of hydrogen-bond acceptors (Lipinski definition) is 5. The van der Waals surface area contributed by atoms with Crippen LogP contribution in [0.5, 0.6) is 0 Å². The molecule has 0 saturated heterocycles. The lowest BCUT2D eigenvalue weighted by Crippen LogP contribution is -2.03. The predicted octanol–water partition coefficient (Wildman–Crippen LogP) is 2.68. The third kappa shape index (κ3) is 1.92. The van der Waals surface area contributed by atoms with E-state index < -0.39 is 5.78 Å². The molecule has 0 bridgehead atoms. The van der Waals surface area contributed by atoms with Crippen molar-refractivity contribution in [2.24, 2.45) is 0 Å². The molecule has 0 fully saturated rings. The van der Waals surface area contributed by atoms with Crippen molar-refractivity contribution < 1.29 is 9.59 Å². The summed E-state index contributed by atoms with van der Waals surface area (Å²) >= 11 is 7.46. The van der Waals surface area contributed by atoms with Crippen LogP contribution >= 0.6 is 22.9 Å². The van der Waals surface area contributed by atoms with E-state index in [0.717, 1.165) is 5.01 Å². The molecule has 0 saturated carbocycles. The quantitative estimate of drug-likeness (QED) is 0.528. The molecule has 0 spiro atoms. The van der Waals surface area contributed by atoms with E-state index in [1.54, 1.807) is 13.1 Å². The van der Waals surface area contributed by atoms with Gasteiger partial charge in [0.25, 0.3) is 0 Å². The zero-order valence-corrected chi connectivity index (χ0v) is 10.8. The number of carbonyl (C=O) groups excluding carboxylic acids is 2. The van der Waals surface area contributed by atoms with Crippen molar-refractivity contribution in [2.75, 3.05) is 12.4 Å². The van der Waals surface area contributed by atoms with Crippen LogP contribution in [-0.2, 0) is 4.79 Å². The van der Waals surface area contributed by atoms with Crippen LogP contribution in [0, 0.1) is 6.92 Å². The van der Waals surface area contributed by atoms with Gasteiger partial charge in [0.15, 0.2) is 6.29 Å². The molecule has 0 aliphatic carbocycles. The molecular formula is C11H9ClN2O2S. The lowest BCUT2D eigenvalue weighted by Gasteiger charge is -2.07. The second-order valence-corrected chi connectivity index (χ2v) is 5.01. The Hall–Kier alpha value is -1.46. The van der Waals surface area contributed by atoms with Gasteiger partial charge in [-0.1, -0.05) is 11.6 Å². The highest BCUT2D eigenvalue weighted by atomic mass is 35.5. The summed E-state index contributed by atoms with van der Waals surface area (Å²) in [6.45, 7) is 1.84. The number of aromatic nitrogens is 1. The number of benzene rings is 1. The summed E-state index contributed by atoms with van der Waals surface area (Å²) in [5, 5.41) is 3.97. The SMILES string of the molecule is CNc1cc2nc(C)sc2c(C(=O)C=O)c1Cl. The molecule has 88 valence electrons. The van der Waals surface area contributed by atoms with Crippen molar-refractivity contribution >= 4 is 50.9 Å². The van der Waals surface area contributed by atoms with Gasteiger partial charge in [0.2, 0.25) is 5.78 Å². The van der Waals surface area contributed by atoms with E-state index in [1.165, 1.54) is 11.3 Å². The molecule has 0 aliphatic heterocycles. The molecule has 17 heavy (non-hydrogen) atoms. The molecule has 0 aliphatic rings. The van der Waals surface area contributed by atoms with Crippen LogP contribution in [0.1, 0.15) is 15.4 Å². The maximum absolute atomic E-state index is 11.6. The maximum Gasteiger partial charge on any atom is 0.228 e. The standard InChI is InChI=1S/C11H9ClN2O2S/c1-5-14-7-3-6(13-2)10(12)9(8(16)4-15)11(7)17-5/h3-4,13H,1-2H3. The van der Waals surface area contributed by atoms with Gasteiger partial charge in [-0.15, -0.1) is 11.3 Å². The van der Waals surface area contributed by atoms with E-state index >= 15 is 0 Å². The highest BCUT2D eigenvalue weighted by Gasteiger charge is 2.19. The third-order valence-electron chi connectivity index (χ3n) is 2.35. The van der Waals surface area contributed by atoms with Gasteiger partial charge >= 0.3 is 0 Å². The van der Waals surface area contributed by atoms with Crippen molar-refractivity contribution in [3.05, 3.63) is 21.7 Å². The summed E-state index contributed by atoms with van der Waals surface area (Å²) in [5.41, 5.74) is 1.50. The number of thiazole rings is 1. The number of aryl methyl sites for hydroxylation is 1. The van der Waals surface area contributed by atoms with E-state index in [1.807, 2.05) is 6.92 Å². The van der Waals surface area contributed by atoms with Crippen molar-refractivity contribution in [2.45, 2.75) is 6.92 Å². The fraction of sp³-hybridized carbons (Fsp3) is 0.182. The van der Waals surface area contributed by atoms with Gasteiger partial charge in [-0.3, -0.25) is 9.59 Å². The van der Waals surface area contributed by atoms with Crippen LogP contribution < -0.4 is 5.32 Å². The first-order chi connectivity index (χ1) is 8.08. The summed E-state index contributed by atoms with van der Waals surface area (Å²) in [7, 11) is 1.70. The maximum atomic E-state index is 11.6. The molecule has 0 unspecified atom stereocenters. The molecule has 1 heterocycles. The molecule has 1 N–H and O–H groups in total. The second-order valence-electron chi connectivity index (χ2n) is 3.43. The Bertz CT molecular complexity index is 621. The molecule has 0 radical (unpaired) electrons. The molecule has 2 rings (SSSR count). The number of fused-ring (bicyclic) bond motifs is 1. The predicted molar refractivity (Wildman–Crippen MR) is 69.3 cm³/mol. The number of nitrogens with zero attached hydrogens (tertiary/aromatic N) is 1. The Balaban J connectivity index is 2.88. The van der Waals surface area contributed by atoms with Crippen molar-refractivity contribution in [3.8, 4) is 0 Å². The summed E-state index contributed by atoms with van der Waals surface area (Å²) in [4.78, 5) is 26.6. The van der Waals surface area contributed by atoms with E-state index in [4.69, 9.17) is 11.6 Å². The van der Waals surface area contributed by atoms with Gasteiger partial charge in [-0.05, 0) is 13.0 Å². The first-order valence-electron chi connectivity index (χ1n) is 4.85. The van der Waals surface area contributed by atoms with Crippen molar-refractivity contribution in [3.63, 3.8) is 0 Å². The summed E-state index contributed by atoms with van der Waals surface area (Å²) in [5.74, 6) is -0.624. The van der Waals surface area contributed by atoms with Gasteiger partial charge in [0, 0.05) is 7.05 Å². The number of anilines is 1. The molecular weight excluding hydrogens is 260 g/mol. The lowest BCUT2D eigenvalue weighted by atomic mass is 10.1. The van der Waals surface area contributed by atoms with Gasteiger partial charge in [0.05, 0.1) is 31.5 Å². The Kier molecular flexibility index (Phi) is 3.13. The minimum Gasteiger partial charge on any atom is -0.387 e. The van der Waals surface area contributed by atoms with Crippen LogP contribution in [-0.4, -0.2) is 24.1 Å². The largest absolute Gasteiger partial charge is 0.387 e. The highest BCUT2D eigenvalue weighted by Crippen LogP contribution is 2.36. The van der Waals surface area contributed by atoms with Gasteiger partial charge in [-0.25, -0.2) is 4.98 Å². The van der Waals surface area contributed by atoms with E-state index in [9.17, 15) is 9.59 Å². The van der Waals surface area contributed by atoms with E-state index in [2.05, 4.69) is 10.3 Å². The number of halogens is 1. The van der Waals surface area contributed by atoms with Crippen LogP contribution in [0.3, 0.4) is 0 Å². The van der Waals surface area contributed by atoms with Crippen molar-refractivity contribution in [1.82, 2.24) is 4.98 Å². The molecule has 4 nitrogen and oxygen atoms in total. The first-order valence-corrected chi connectivity index (χ1v) is 6.04. The normalized spacial score (nSPS) is 10.5.